The summed E-state index contributed by atoms with van der Waals surface area (Å²) in [5.41, 5.74) is 5.59. The zero-order valence-electron chi connectivity index (χ0n) is 14.7. The van der Waals surface area contributed by atoms with Crippen LogP contribution in [0.25, 0.3) is 0 Å². The molecule has 1 heterocycles. The van der Waals surface area contributed by atoms with E-state index in [1.165, 1.54) is 0 Å². The fourth-order valence-corrected chi connectivity index (χ4v) is 3.20. The maximum atomic E-state index is 12.6. The third-order valence-corrected chi connectivity index (χ3v) is 5.05. The largest absolute Gasteiger partial charge is 0.349 e. The van der Waals surface area contributed by atoms with E-state index in [-0.39, 0.29) is 23.4 Å². The van der Waals surface area contributed by atoms with Gasteiger partial charge < -0.3 is 21.3 Å². The first-order valence-electron chi connectivity index (χ1n) is 8.90. The normalized spacial score (nSPS) is 24.2. The van der Waals surface area contributed by atoms with Gasteiger partial charge >= 0.3 is 6.03 Å². The molecule has 132 valence electrons. The minimum absolute atomic E-state index is 0.0474. The Kier molecular flexibility index (Phi) is 5.89. The molecule has 1 saturated carbocycles. The molecule has 0 aromatic carbocycles. The van der Waals surface area contributed by atoms with Gasteiger partial charge in [-0.25, -0.2) is 4.79 Å². The van der Waals surface area contributed by atoms with Crippen molar-refractivity contribution in [1.82, 2.24) is 15.5 Å². The van der Waals surface area contributed by atoms with Gasteiger partial charge in [-0.3, -0.25) is 4.79 Å². The summed E-state index contributed by atoms with van der Waals surface area (Å²) in [6.07, 6.45) is 3.99. The summed E-state index contributed by atoms with van der Waals surface area (Å²) in [6, 6.07) is -0.0556. The van der Waals surface area contributed by atoms with Crippen molar-refractivity contribution in [2.75, 3.05) is 26.2 Å². The molecule has 0 bridgehead atoms. The van der Waals surface area contributed by atoms with Crippen LogP contribution in [0.4, 0.5) is 4.79 Å². The Bertz CT molecular complexity index is 436. The summed E-state index contributed by atoms with van der Waals surface area (Å²) in [6.45, 7) is 8.54. The lowest BCUT2D eigenvalue weighted by Crippen LogP contribution is -2.57. The van der Waals surface area contributed by atoms with Crippen LogP contribution in [0, 0.1) is 17.8 Å². The molecule has 0 aromatic heterocycles. The summed E-state index contributed by atoms with van der Waals surface area (Å²) in [5, 5.41) is 6.10. The predicted molar refractivity (Wildman–Crippen MR) is 90.9 cm³/mol. The maximum Gasteiger partial charge on any atom is 0.317 e. The van der Waals surface area contributed by atoms with Crippen molar-refractivity contribution in [1.29, 1.82) is 0 Å². The van der Waals surface area contributed by atoms with Crippen LogP contribution in [0.5, 0.6) is 0 Å². The molecule has 6 heteroatoms. The van der Waals surface area contributed by atoms with E-state index >= 15 is 0 Å². The number of nitrogens with zero attached hydrogens (tertiary/aromatic N) is 1. The third-order valence-electron chi connectivity index (χ3n) is 5.05. The molecule has 6 nitrogen and oxygen atoms in total. The molecule has 2 fully saturated rings. The second-order valence-corrected chi connectivity index (χ2v) is 7.75. The quantitative estimate of drug-likeness (QED) is 0.688. The van der Waals surface area contributed by atoms with E-state index in [1.807, 2.05) is 6.92 Å². The van der Waals surface area contributed by atoms with Crippen LogP contribution in [-0.4, -0.2) is 48.6 Å². The number of hydrogen-bond acceptors (Lipinski definition) is 3. The van der Waals surface area contributed by atoms with Gasteiger partial charge in [0.15, 0.2) is 0 Å². The van der Waals surface area contributed by atoms with Crippen LogP contribution in [0.15, 0.2) is 0 Å². The number of carbonyl (C=O) groups excluding carboxylic acids is 2. The average molecular weight is 324 g/mol. The van der Waals surface area contributed by atoms with Gasteiger partial charge in [-0.05, 0) is 44.4 Å². The number of likely N-dealkylation sites (tertiary alicyclic amines) is 1. The summed E-state index contributed by atoms with van der Waals surface area (Å²) in [5.74, 6) is 0.849. The first kappa shape index (κ1) is 18.0. The van der Waals surface area contributed by atoms with E-state index in [4.69, 9.17) is 5.73 Å². The number of nitrogens with one attached hydrogen (secondary N) is 2. The molecule has 2 rings (SSSR count). The van der Waals surface area contributed by atoms with Crippen LogP contribution in [0.2, 0.25) is 0 Å². The Morgan fingerprint density at radius 1 is 1.30 bits per heavy atom. The lowest BCUT2D eigenvalue weighted by Gasteiger charge is -2.36. The molecule has 1 aliphatic carbocycles. The van der Waals surface area contributed by atoms with E-state index in [9.17, 15) is 9.59 Å². The van der Waals surface area contributed by atoms with Crippen LogP contribution in [0.1, 0.15) is 46.5 Å². The Labute approximate surface area is 139 Å². The van der Waals surface area contributed by atoms with E-state index in [1.54, 1.807) is 4.90 Å². The standard InChI is InChI=1S/C17H32N4O2/c1-12(2)9-19-16(23)21-8-4-5-13(10-21)15(22)20-17(3,11-18)14-6-7-14/h12-14H,4-11,18H2,1-3H3,(H,19,23)(H,20,22). The van der Waals surface area contributed by atoms with Gasteiger partial charge in [-0.2, -0.15) is 0 Å². The highest BCUT2D eigenvalue weighted by atomic mass is 16.2. The second-order valence-electron chi connectivity index (χ2n) is 7.75. The fourth-order valence-electron chi connectivity index (χ4n) is 3.20. The van der Waals surface area contributed by atoms with Crippen molar-refractivity contribution in [2.45, 2.75) is 52.0 Å². The smallest absolute Gasteiger partial charge is 0.317 e. The highest BCUT2D eigenvalue weighted by Crippen LogP contribution is 2.39. The fraction of sp³-hybridized carbons (Fsp3) is 0.882. The molecule has 2 atom stereocenters. The van der Waals surface area contributed by atoms with Gasteiger partial charge in [0.1, 0.15) is 0 Å². The number of rotatable bonds is 6. The summed E-state index contributed by atoms with van der Waals surface area (Å²) >= 11 is 0. The molecule has 1 saturated heterocycles. The number of hydrogen-bond donors (Lipinski definition) is 3. The zero-order chi connectivity index (χ0) is 17.0. The molecule has 2 aliphatic rings. The summed E-state index contributed by atoms with van der Waals surface area (Å²) in [4.78, 5) is 26.6. The molecular weight excluding hydrogens is 292 g/mol. The van der Waals surface area contributed by atoms with Crippen molar-refractivity contribution in [3.63, 3.8) is 0 Å². The van der Waals surface area contributed by atoms with E-state index in [0.29, 0.717) is 31.5 Å². The number of amides is 3. The van der Waals surface area contributed by atoms with Crippen molar-refractivity contribution in [3.05, 3.63) is 0 Å². The van der Waals surface area contributed by atoms with Gasteiger partial charge in [-0.15, -0.1) is 0 Å². The van der Waals surface area contributed by atoms with Crippen molar-refractivity contribution >= 4 is 11.9 Å². The molecule has 2 unspecified atom stereocenters. The van der Waals surface area contributed by atoms with E-state index in [0.717, 1.165) is 32.2 Å². The van der Waals surface area contributed by atoms with Gasteiger partial charge in [0.2, 0.25) is 5.91 Å². The maximum absolute atomic E-state index is 12.6. The Hall–Kier alpha value is -1.30. The SMILES string of the molecule is CC(C)CNC(=O)N1CCCC(C(=O)NC(C)(CN)C2CC2)C1. The lowest BCUT2D eigenvalue weighted by atomic mass is 9.92. The predicted octanol–water partition coefficient (Wildman–Crippen LogP) is 1.31. The minimum Gasteiger partial charge on any atom is -0.349 e. The zero-order valence-corrected chi connectivity index (χ0v) is 14.7. The Morgan fingerprint density at radius 3 is 2.57 bits per heavy atom. The first-order chi connectivity index (χ1) is 10.9. The first-order valence-corrected chi connectivity index (χ1v) is 8.90. The highest BCUT2D eigenvalue weighted by molar-refractivity contribution is 5.81. The van der Waals surface area contributed by atoms with Crippen molar-refractivity contribution in [2.24, 2.45) is 23.5 Å². The minimum atomic E-state index is -0.292. The molecule has 0 spiro atoms. The lowest BCUT2D eigenvalue weighted by molar-refractivity contribution is -0.128. The summed E-state index contributed by atoms with van der Waals surface area (Å²) < 4.78 is 0. The van der Waals surface area contributed by atoms with Crippen LogP contribution >= 0.6 is 0 Å². The van der Waals surface area contributed by atoms with E-state index < -0.39 is 0 Å². The van der Waals surface area contributed by atoms with Crippen LogP contribution < -0.4 is 16.4 Å². The molecule has 4 N–H and O–H groups in total. The van der Waals surface area contributed by atoms with E-state index in [2.05, 4.69) is 24.5 Å². The number of carbonyl (C=O) groups is 2. The molecule has 0 aromatic rings. The number of urea groups is 1. The molecule has 23 heavy (non-hydrogen) atoms. The second kappa shape index (κ2) is 7.51. The van der Waals surface area contributed by atoms with Crippen LogP contribution in [0.3, 0.4) is 0 Å². The molecule has 1 aliphatic heterocycles. The topological polar surface area (TPSA) is 87.5 Å². The number of nitrogens with two attached hydrogens (primary N) is 1. The molecule has 0 radical (unpaired) electrons. The van der Waals surface area contributed by atoms with Crippen LogP contribution in [-0.2, 0) is 4.79 Å². The molecule has 3 amide bonds. The van der Waals surface area contributed by atoms with Gasteiger partial charge in [0.05, 0.1) is 11.5 Å². The summed E-state index contributed by atoms with van der Waals surface area (Å²) in [7, 11) is 0. The van der Waals surface area contributed by atoms with Gasteiger partial charge in [0.25, 0.3) is 0 Å². The molecular formula is C17H32N4O2. The van der Waals surface area contributed by atoms with Crippen molar-refractivity contribution < 1.29 is 9.59 Å². The Balaban J connectivity index is 1.87. The number of piperidine rings is 1. The third kappa shape index (κ3) is 4.83. The van der Waals surface area contributed by atoms with Crippen molar-refractivity contribution in [3.8, 4) is 0 Å². The highest BCUT2D eigenvalue weighted by Gasteiger charge is 2.42. The Morgan fingerprint density at radius 2 is 2.00 bits per heavy atom. The van der Waals surface area contributed by atoms with Gasteiger partial charge in [0, 0.05) is 26.2 Å². The average Bonchev–Trinajstić information content (AvgIpc) is 3.37. The van der Waals surface area contributed by atoms with Gasteiger partial charge in [-0.1, -0.05) is 13.8 Å². The monoisotopic (exact) mass is 324 g/mol.